The second kappa shape index (κ2) is 7.69. The number of piperazine rings is 1. The molecule has 30 heavy (non-hydrogen) atoms. The lowest BCUT2D eigenvalue weighted by molar-refractivity contribution is -0.132. The molecule has 0 saturated carbocycles. The molecule has 0 aromatic heterocycles. The van der Waals surface area contributed by atoms with Crippen LogP contribution in [0.1, 0.15) is 17.3 Å². The van der Waals surface area contributed by atoms with Gasteiger partial charge in [0.1, 0.15) is 10.7 Å². The van der Waals surface area contributed by atoms with Crippen molar-refractivity contribution in [2.75, 3.05) is 36.4 Å². The second-order valence-corrected chi connectivity index (χ2v) is 8.94. The quantitative estimate of drug-likeness (QED) is 0.712. The highest BCUT2D eigenvalue weighted by Crippen LogP contribution is 2.27. The zero-order chi connectivity index (χ0) is 21.5. The monoisotopic (exact) mass is 432 g/mol. The maximum Gasteiger partial charge on any atom is 0.261 e. The zero-order valence-corrected chi connectivity index (χ0v) is 17.1. The van der Waals surface area contributed by atoms with Gasteiger partial charge in [0.2, 0.25) is 10.0 Å². The third kappa shape index (κ3) is 3.88. The van der Waals surface area contributed by atoms with E-state index in [1.54, 1.807) is 17.0 Å². The van der Waals surface area contributed by atoms with Crippen molar-refractivity contribution >= 4 is 33.1 Å². The number of nitrogens with one attached hydrogen (secondary N) is 2. The number of halogens is 1. The molecule has 2 heterocycles. The van der Waals surface area contributed by atoms with Gasteiger partial charge in [-0.25, -0.2) is 12.8 Å². The number of benzene rings is 2. The molecule has 2 N–H and O–H groups in total. The summed E-state index contributed by atoms with van der Waals surface area (Å²) < 4.78 is 40.7. The number of carbonyl (C=O) groups is 2. The fraction of sp³-hybridized carbons (Fsp3) is 0.300. The van der Waals surface area contributed by atoms with Crippen molar-refractivity contribution in [2.24, 2.45) is 0 Å². The van der Waals surface area contributed by atoms with Crippen LogP contribution in [0.25, 0.3) is 0 Å². The number of sulfonamides is 1. The van der Waals surface area contributed by atoms with E-state index in [0.717, 1.165) is 23.9 Å². The van der Waals surface area contributed by atoms with Crippen molar-refractivity contribution in [3.8, 4) is 0 Å². The summed E-state index contributed by atoms with van der Waals surface area (Å²) in [5.41, 5.74) is 1.66. The van der Waals surface area contributed by atoms with Crippen LogP contribution in [0.3, 0.4) is 0 Å². The summed E-state index contributed by atoms with van der Waals surface area (Å²) in [7, 11) is -3.92. The fourth-order valence-electron chi connectivity index (χ4n) is 3.64. The third-order valence-electron chi connectivity index (χ3n) is 5.28. The molecule has 2 aliphatic heterocycles. The average Bonchev–Trinajstić information content (AvgIpc) is 2.72. The molecule has 10 heteroatoms. The van der Waals surface area contributed by atoms with E-state index >= 15 is 0 Å². The van der Waals surface area contributed by atoms with Crippen LogP contribution in [0.2, 0.25) is 0 Å². The number of ketones is 1. The summed E-state index contributed by atoms with van der Waals surface area (Å²) in [5, 5.41) is 2.78. The van der Waals surface area contributed by atoms with E-state index in [9.17, 15) is 22.4 Å². The van der Waals surface area contributed by atoms with Gasteiger partial charge in [0.15, 0.2) is 11.9 Å². The number of fused-ring (bicyclic) bond motifs is 1. The number of hydrogen-bond acceptors (Lipinski definition) is 6. The van der Waals surface area contributed by atoms with E-state index in [-0.39, 0.29) is 16.4 Å². The molecule has 0 aliphatic carbocycles. The van der Waals surface area contributed by atoms with Crippen molar-refractivity contribution < 1.29 is 22.4 Å². The average molecular weight is 432 g/mol. The lowest BCUT2D eigenvalue weighted by atomic mass is 10.1. The van der Waals surface area contributed by atoms with Crippen LogP contribution >= 0.6 is 0 Å². The van der Waals surface area contributed by atoms with Crippen LogP contribution in [0, 0.1) is 5.82 Å². The molecule has 1 unspecified atom stereocenters. The van der Waals surface area contributed by atoms with Crippen molar-refractivity contribution in [3.05, 3.63) is 53.8 Å². The molecular formula is C20H21FN4O4S. The minimum Gasteiger partial charge on any atom is -0.368 e. The predicted octanol–water partition coefficient (Wildman–Crippen LogP) is 1.41. The Kier molecular flexibility index (Phi) is 5.20. The molecule has 2 aromatic rings. The van der Waals surface area contributed by atoms with Crippen molar-refractivity contribution in [3.63, 3.8) is 0 Å². The Bertz CT molecular complexity index is 1100. The standard InChI is InChI=1S/C20H21FN4O4S/c1-13(26)14-2-5-16(6-3-14)24-8-10-25(11-9-24)20(27)19-22-17-12-15(21)4-7-18(17)30(28,29)23-19/h2-7,12,19,22-23H,8-11H2,1H3. The van der Waals surface area contributed by atoms with Crippen LogP contribution in [0.15, 0.2) is 47.4 Å². The van der Waals surface area contributed by atoms with E-state index in [1.807, 2.05) is 12.1 Å². The lowest BCUT2D eigenvalue weighted by Crippen LogP contribution is -2.58. The molecule has 2 aromatic carbocycles. The zero-order valence-electron chi connectivity index (χ0n) is 16.3. The van der Waals surface area contributed by atoms with Gasteiger partial charge in [0.05, 0.1) is 5.69 Å². The summed E-state index contributed by atoms with van der Waals surface area (Å²) in [5.74, 6) is -1.00. The van der Waals surface area contributed by atoms with Crippen LogP contribution in [-0.4, -0.2) is 57.4 Å². The normalized spacial score (nSPS) is 20.3. The summed E-state index contributed by atoms with van der Waals surface area (Å²) >= 11 is 0. The van der Waals surface area contributed by atoms with Crippen molar-refractivity contribution in [1.82, 2.24) is 9.62 Å². The topological polar surface area (TPSA) is 98.8 Å². The molecule has 0 spiro atoms. The van der Waals surface area contributed by atoms with Gasteiger partial charge in [-0.1, -0.05) is 0 Å². The number of anilines is 2. The van der Waals surface area contributed by atoms with E-state index in [0.29, 0.717) is 31.7 Å². The van der Waals surface area contributed by atoms with Crippen LogP contribution in [0.4, 0.5) is 15.8 Å². The summed E-state index contributed by atoms with van der Waals surface area (Å²) in [4.78, 5) is 27.9. The van der Waals surface area contributed by atoms with E-state index < -0.39 is 27.9 Å². The van der Waals surface area contributed by atoms with E-state index in [4.69, 9.17) is 0 Å². The third-order valence-corrected chi connectivity index (χ3v) is 6.76. The van der Waals surface area contributed by atoms with Crippen molar-refractivity contribution in [2.45, 2.75) is 18.0 Å². The number of hydrogen-bond donors (Lipinski definition) is 2. The number of amides is 1. The van der Waals surface area contributed by atoms with E-state index in [2.05, 4.69) is 14.9 Å². The minimum atomic E-state index is -3.92. The van der Waals surface area contributed by atoms with Gasteiger partial charge in [-0.2, -0.15) is 4.72 Å². The van der Waals surface area contributed by atoms with E-state index in [1.165, 1.54) is 6.92 Å². The Morgan fingerprint density at radius 1 is 1.03 bits per heavy atom. The molecule has 1 saturated heterocycles. The molecule has 158 valence electrons. The van der Waals surface area contributed by atoms with Gasteiger partial charge in [0.25, 0.3) is 5.91 Å². The largest absolute Gasteiger partial charge is 0.368 e. The summed E-state index contributed by atoms with van der Waals surface area (Å²) in [6.45, 7) is 3.46. The maximum absolute atomic E-state index is 13.5. The summed E-state index contributed by atoms with van der Waals surface area (Å²) in [6, 6.07) is 10.6. The highest BCUT2D eigenvalue weighted by molar-refractivity contribution is 7.89. The van der Waals surface area contributed by atoms with Crippen LogP contribution in [0.5, 0.6) is 0 Å². The van der Waals surface area contributed by atoms with Gasteiger partial charge in [0, 0.05) is 37.4 Å². The molecule has 8 nitrogen and oxygen atoms in total. The maximum atomic E-state index is 13.5. The molecule has 2 aliphatic rings. The first-order chi connectivity index (χ1) is 14.2. The fourth-order valence-corrected chi connectivity index (χ4v) is 4.89. The van der Waals surface area contributed by atoms with Gasteiger partial charge in [-0.15, -0.1) is 0 Å². The number of rotatable bonds is 3. The van der Waals surface area contributed by atoms with Gasteiger partial charge < -0.3 is 15.1 Å². The van der Waals surface area contributed by atoms with Crippen molar-refractivity contribution in [1.29, 1.82) is 0 Å². The molecule has 1 fully saturated rings. The lowest BCUT2D eigenvalue weighted by Gasteiger charge is -2.38. The van der Waals surface area contributed by atoms with Crippen LogP contribution < -0.4 is 14.9 Å². The Morgan fingerprint density at radius 2 is 1.70 bits per heavy atom. The number of nitrogens with zero attached hydrogens (tertiary/aromatic N) is 2. The minimum absolute atomic E-state index is 0.000792. The molecule has 0 radical (unpaired) electrons. The Hall–Kier alpha value is -2.98. The first-order valence-corrected chi connectivity index (χ1v) is 11.0. The predicted molar refractivity (Wildman–Crippen MR) is 109 cm³/mol. The Labute approximate surface area is 173 Å². The second-order valence-electron chi connectivity index (χ2n) is 7.25. The molecule has 4 rings (SSSR count). The first kappa shape index (κ1) is 20.3. The Balaban J connectivity index is 1.43. The van der Waals surface area contributed by atoms with Gasteiger partial charge in [-0.05, 0) is 49.4 Å². The first-order valence-electron chi connectivity index (χ1n) is 9.48. The number of Topliss-reactive ketones (excluding diaryl/α,β-unsaturated/α-hetero) is 1. The SMILES string of the molecule is CC(=O)c1ccc(N2CCN(C(=O)C3Nc4cc(F)ccc4S(=O)(=O)N3)CC2)cc1. The Morgan fingerprint density at radius 3 is 2.33 bits per heavy atom. The molecule has 1 atom stereocenters. The summed E-state index contributed by atoms with van der Waals surface area (Å²) in [6.07, 6.45) is -1.19. The molecular weight excluding hydrogens is 411 g/mol. The highest BCUT2D eigenvalue weighted by atomic mass is 32.2. The van der Waals surface area contributed by atoms with Crippen LogP contribution in [-0.2, 0) is 14.8 Å². The van der Waals surface area contributed by atoms with Gasteiger partial charge in [-0.3, -0.25) is 9.59 Å². The molecule has 0 bridgehead atoms. The van der Waals surface area contributed by atoms with Gasteiger partial charge >= 0.3 is 0 Å². The smallest absolute Gasteiger partial charge is 0.261 e. The number of carbonyl (C=O) groups excluding carboxylic acids is 2. The molecule has 1 amide bonds. The highest BCUT2D eigenvalue weighted by Gasteiger charge is 2.36.